The smallest absolute Gasteiger partial charge is 0.205 e. The third kappa shape index (κ3) is 0.925. The van der Waals surface area contributed by atoms with Crippen molar-refractivity contribution < 1.29 is 4.68 Å². The first-order chi connectivity index (χ1) is 5.79. The Morgan fingerprint density at radius 3 is 2.75 bits per heavy atom. The highest BCUT2D eigenvalue weighted by Gasteiger charge is 2.05. The van der Waals surface area contributed by atoms with E-state index >= 15 is 0 Å². The Morgan fingerprint density at radius 2 is 1.92 bits per heavy atom. The molecular formula is C10H11N2+. The summed E-state index contributed by atoms with van der Waals surface area (Å²) >= 11 is 0. The Labute approximate surface area is 71.2 Å². The van der Waals surface area contributed by atoms with Crippen LogP contribution in [0.3, 0.4) is 0 Å². The van der Waals surface area contributed by atoms with E-state index in [2.05, 4.69) is 12.1 Å². The molecule has 2 rings (SSSR count). The molecule has 60 valence electrons. The number of hydrogen-bond acceptors (Lipinski definition) is 1. The zero-order valence-electron chi connectivity index (χ0n) is 6.99. The predicted octanol–water partition coefficient (Wildman–Crippen LogP) is 1.15. The third-order valence-corrected chi connectivity index (χ3v) is 2.15. The van der Waals surface area contributed by atoms with Gasteiger partial charge in [0.1, 0.15) is 0 Å². The van der Waals surface area contributed by atoms with E-state index in [-0.39, 0.29) is 0 Å². The van der Waals surface area contributed by atoms with Crippen LogP contribution in [0.15, 0.2) is 36.5 Å². The van der Waals surface area contributed by atoms with Gasteiger partial charge in [0.25, 0.3) is 0 Å². The topological polar surface area (TPSA) is 29.9 Å². The normalized spacial score (nSPS) is 10.4. The molecule has 0 amide bonds. The molecule has 0 unspecified atom stereocenters. The average molecular weight is 159 g/mol. The van der Waals surface area contributed by atoms with Crippen molar-refractivity contribution in [2.45, 2.75) is 6.92 Å². The number of nitrogen functional groups attached to an aromatic ring is 1. The summed E-state index contributed by atoms with van der Waals surface area (Å²) in [4.78, 5) is 0. The Kier molecular flexibility index (Phi) is 1.47. The summed E-state index contributed by atoms with van der Waals surface area (Å²) in [6, 6.07) is 10.2. The summed E-state index contributed by atoms with van der Waals surface area (Å²) in [5.41, 5.74) is 1.09. The fourth-order valence-corrected chi connectivity index (χ4v) is 1.38. The molecule has 0 bridgehead atoms. The van der Waals surface area contributed by atoms with Gasteiger partial charge in [-0.1, -0.05) is 22.9 Å². The minimum absolute atomic E-state index is 1.09. The van der Waals surface area contributed by atoms with Crippen molar-refractivity contribution in [3.63, 3.8) is 0 Å². The molecule has 0 aliphatic carbocycles. The van der Waals surface area contributed by atoms with Crippen molar-refractivity contribution in [2.24, 2.45) is 0 Å². The molecule has 12 heavy (non-hydrogen) atoms. The van der Waals surface area contributed by atoms with Crippen LogP contribution in [0.4, 0.5) is 0 Å². The molecule has 0 aliphatic rings. The van der Waals surface area contributed by atoms with Crippen LogP contribution in [0.5, 0.6) is 0 Å². The second kappa shape index (κ2) is 2.48. The van der Waals surface area contributed by atoms with E-state index in [1.165, 1.54) is 10.8 Å². The Balaban J connectivity index is 2.91. The highest BCUT2D eigenvalue weighted by molar-refractivity contribution is 5.83. The molecule has 0 atom stereocenters. The number of pyridine rings is 1. The fourth-order valence-electron chi connectivity index (χ4n) is 1.38. The number of aromatic nitrogens is 1. The quantitative estimate of drug-likeness (QED) is 0.453. The molecule has 2 aromatic rings. The van der Waals surface area contributed by atoms with E-state index in [1.807, 2.05) is 31.3 Å². The van der Waals surface area contributed by atoms with Crippen LogP contribution in [-0.4, -0.2) is 0 Å². The van der Waals surface area contributed by atoms with Gasteiger partial charge in [-0.05, 0) is 11.5 Å². The second-order valence-electron chi connectivity index (χ2n) is 2.90. The second-order valence-corrected chi connectivity index (χ2v) is 2.90. The number of nitrogens with two attached hydrogens (primary N) is 1. The summed E-state index contributed by atoms with van der Waals surface area (Å²) < 4.78 is 1.64. The Bertz CT molecular complexity index is 421. The molecule has 0 spiro atoms. The molecule has 0 saturated heterocycles. The standard InChI is InChI=1S/C10H11N2/c1-8-10-5-3-2-4-9(10)6-7-12(8)11/h2-7H,11H2,1H3/q+1. The van der Waals surface area contributed by atoms with Crippen molar-refractivity contribution in [3.05, 3.63) is 42.2 Å². The lowest BCUT2D eigenvalue weighted by Gasteiger charge is -1.97. The predicted molar refractivity (Wildman–Crippen MR) is 49.0 cm³/mol. The van der Waals surface area contributed by atoms with Crippen LogP contribution in [0.1, 0.15) is 5.69 Å². The van der Waals surface area contributed by atoms with Gasteiger partial charge in [-0.15, -0.1) is 0 Å². The van der Waals surface area contributed by atoms with E-state index in [4.69, 9.17) is 5.84 Å². The van der Waals surface area contributed by atoms with Gasteiger partial charge in [-0.25, -0.2) is 5.84 Å². The molecule has 1 aromatic heterocycles. The van der Waals surface area contributed by atoms with E-state index in [1.54, 1.807) is 4.68 Å². The van der Waals surface area contributed by atoms with Gasteiger partial charge in [-0.2, -0.15) is 0 Å². The number of rotatable bonds is 0. The molecule has 0 radical (unpaired) electrons. The summed E-state index contributed by atoms with van der Waals surface area (Å²) in [5, 5.41) is 2.44. The van der Waals surface area contributed by atoms with Gasteiger partial charge >= 0.3 is 0 Å². The maximum absolute atomic E-state index is 5.70. The van der Waals surface area contributed by atoms with E-state index < -0.39 is 0 Å². The summed E-state index contributed by atoms with van der Waals surface area (Å²) in [5.74, 6) is 5.70. The number of aryl methyl sites for hydroxylation is 1. The van der Waals surface area contributed by atoms with Crippen molar-refractivity contribution >= 4 is 10.8 Å². The molecule has 1 aromatic carbocycles. The number of benzene rings is 1. The van der Waals surface area contributed by atoms with Crippen molar-refractivity contribution in [3.8, 4) is 0 Å². The van der Waals surface area contributed by atoms with Crippen LogP contribution in [-0.2, 0) is 0 Å². The highest BCUT2D eigenvalue weighted by atomic mass is 15.3. The third-order valence-electron chi connectivity index (χ3n) is 2.15. The molecule has 2 heteroatoms. The molecule has 0 aliphatic heterocycles. The molecule has 0 fully saturated rings. The first kappa shape index (κ1) is 7.10. The Morgan fingerprint density at radius 1 is 1.17 bits per heavy atom. The average Bonchev–Trinajstić information content (AvgIpc) is 2.12. The first-order valence-corrected chi connectivity index (χ1v) is 3.94. The van der Waals surface area contributed by atoms with Crippen LogP contribution >= 0.6 is 0 Å². The summed E-state index contributed by atoms with van der Waals surface area (Å²) in [7, 11) is 0. The molecular weight excluding hydrogens is 148 g/mol. The minimum atomic E-state index is 1.09. The largest absolute Gasteiger partial charge is 0.216 e. The lowest BCUT2D eigenvalue weighted by Crippen LogP contribution is -2.46. The van der Waals surface area contributed by atoms with Crippen molar-refractivity contribution in [1.29, 1.82) is 0 Å². The Hall–Kier alpha value is -1.57. The van der Waals surface area contributed by atoms with Crippen LogP contribution < -0.4 is 10.5 Å². The van der Waals surface area contributed by atoms with Gasteiger partial charge < -0.3 is 0 Å². The van der Waals surface area contributed by atoms with Gasteiger partial charge in [0.15, 0.2) is 6.20 Å². The molecule has 0 saturated carbocycles. The zero-order valence-corrected chi connectivity index (χ0v) is 6.99. The maximum atomic E-state index is 5.70. The number of hydrogen-bond donors (Lipinski definition) is 1. The van der Waals surface area contributed by atoms with Gasteiger partial charge in [0, 0.05) is 13.0 Å². The van der Waals surface area contributed by atoms with Crippen molar-refractivity contribution in [1.82, 2.24) is 0 Å². The van der Waals surface area contributed by atoms with E-state index in [0.29, 0.717) is 0 Å². The summed E-state index contributed by atoms with van der Waals surface area (Å²) in [6.07, 6.45) is 1.87. The van der Waals surface area contributed by atoms with Gasteiger partial charge in [0.05, 0.1) is 5.39 Å². The van der Waals surface area contributed by atoms with Crippen LogP contribution in [0.25, 0.3) is 10.8 Å². The lowest BCUT2D eigenvalue weighted by atomic mass is 10.1. The first-order valence-electron chi connectivity index (χ1n) is 3.94. The lowest BCUT2D eigenvalue weighted by molar-refractivity contribution is -0.643. The zero-order chi connectivity index (χ0) is 8.55. The number of nitrogens with zero attached hydrogens (tertiary/aromatic N) is 1. The van der Waals surface area contributed by atoms with Gasteiger partial charge in [-0.3, -0.25) is 0 Å². The van der Waals surface area contributed by atoms with Gasteiger partial charge in [0.2, 0.25) is 5.69 Å². The minimum Gasteiger partial charge on any atom is -0.205 e. The van der Waals surface area contributed by atoms with E-state index in [9.17, 15) is 0 Å². The maximum Gasteiger partial charge on any atom is 0.216 e. The van der Waals surface area contributed by atoms with Crippen LogP contribution in [0.2, 0.25) is 0 Å². The molecule has 2 nitrogen and oxygen atoms in total. The monoisotopic (exact) mass is 159 g/mol. The fraction of sp³-hybridized carbons (Fsp3) is 0.100. The number of fused-ring (bicyclic) bond motifs is 1. The van der Waals surface area contributed by atoms with Crippen LogP contribution in [0, 0.1) is 6.92 Å². The molecule has 2 N–H and O–H groups in total. The molecule has 1 heterocycles. The highest BCUT2D eigenvalue weighted by Crippen LogP contribution is 2.13. The van der Waals surface area contributed by atoms with Crippen molar-refractivity contribution in [2.75, 3.05) is 5.84 Å². The summed E-state index contributed by atoms with van der Waals surface area (Å²) in [6.45, 7) is 2.02. The SMILES string of the molecule is Cc1c2ccccc2cc[n+]1N. The van der Waals surface area contributed by atoms with E-state index in [0.717, 1.165) is 5.69 Å².